The summed E-state index contributed by atoms with van der Waals surface area (Å²) in [4.78, 5) is 13.3. The molecule has 0 spiro atoms. The zero-order valence-electron chi connectivity index (χ0n) is 15.3. The number of sulfone groups is 1. The maximum atomic E-state index is 13.0. The van der Waals surface area contributed by atoms with Crippen molar-refractivity contribution in [3.8, 4) is 0 Å². The first-order valence-electron chi connectivity index (χ1n) is 9.14. The van der Waals surface area contributed by atoms with Crippen molar-refractivity contribution in [2.24, 2.45) is 0 Å². The Kier molecular flexibility index (Phi) is 4.22. The molecule has 8 heteroatoms. The number of hydrogen-bond acceptors (Lipinski definition) is 7. The van der Waals surface area contributed by atoms with E-state index in [4.69, 9.17) is 0 Å². The second kappa shape index (κ2) is 6.91. The highest BCUT2D eigenvalue weighted by Gasteiger charge is 2.26. The number of nitrogens with zero attached hydrogens (tertiary/aromatic N) is 3. The Hall–Kier alpha value is -3.36. The molecule has 0 aliphatic carbocycles. The summed E-state index contributed by atoms with van der Waals surface area (Å²) in [5.74, 6) is 0.478. The number of aromatic nitrogens is 3. The average Bonchev–Trinajstić information content (AvgIpc) is 3.23. The first-order chi connectivity index (χ1) is 14.1. The summed E-state index contributed by atoms with van der Waals surface area (Å²) < 4.78 is 26.1. The monoisotopic (exact) mass is 403 g/mol. The van der Waals surface area contributed by atoms with Gasteiger partial charge in [-0.3, -0.25) is 4.98 Å². The Morgan fingerprint density at radius 1 is 0.931 bits per heavy atom. The van der Waals surface area contributed by atoms with E-state index in [0.29, 0.717) is 24.6 Å². The molecule has 0 bridgehead atoms. The third kappa shape index (κ3) is 3.22. The molecule has 0 amide bonds. The van der Waals surface area contributed by atoms with E-state index >= 15 is 0 Å². The van der Waals surface area contributed by atoms with Gasteiger partial charge >= 0.3 is 0 Å². The predicted molar refractivity (Wildman–Crippen MR) is 109 cm³/mol. The fraction of sp³-hybridized carbons (Fsp3) is 0.0952. The lowest BCUT2D eigenvalue weighted by atomic mass is 10.2. The summed E-state index contributed by atoms with van der Waals surface area (Å²) in [6.45, 7) is 1.07. The van der Waals surface area contributed by atoms with E-state index in [0.717, 1.165) is 22.2 Å². The van der Waals surface area contributed by atoms with Crippen molar-refractivity contribution in [3.63, 3.8) is 0 Å². The molecule has 29 heavy (non-hydrogen) atoms. The number of para-hydroxylation sites is 1. The molecule has 144 valence electrons. The van der Waals surface area contributed by atoms with Crippen LogP contribution in [0.15, 0.2) is 76.9 Å². The number of pyridine rings is 1. The van der Waals surface area contributed by atoms with Gasteiger partial charge in [-0.25, -0.2) is 18.4 Å². The molecule has 0 atom stereocenters. The molecule has 3 heterocycles. The van der Waals surface area contributed by atoms with Crippen LogP contribution in [-0.4, -0.2) is 23.4 Å². The van der Waals surface area contributed by atoms with Crippen LogP contribution in [0, 0.1) is 0 Å². The van der Waals surface area contributed by atoms with E-state index < -0.39 is 9.84 Å². The molecule has 0 radical (unpaired) electrons. The normalized spacial score (nSPS) is 13.4. The summed E-state index contributed by atoms with van der Waals surface area (Å²) in [6, 6.07) is 18.0. The maximum Gasteiger partial charge on any atom is 0.254 e. The summed E-state index contributed by atoms with van der Waals surface area (Å²) in [5, 5.41) is 7.23. The molecule has 2 aromatic carbocycles. The van der Waals surface area contributed by atoms with Crippen LogP contribution in [0.1, 0.15) is 11.3 Å². The van der Waals surface area contributed by atoms with Crippen LogP contribution in [0.25, 0.3) is 10.9 Å². The molecule has 1 aliphatic heterocycles. The molecule has 7 nitrogen and oxygen atoms in total. The number of hydrogen-bond donors (Lipinski definition) is 2. The van der Waals surface area contributed by atoms with E-state index in [-0.39, 0.29) is 10.1 Å². The van der Waals surface area contributed by atoms with Crippen LogP contribution in [0.2, 0.25) is 0 Å². The van der Waals surface area contributed by atoms with Gasteiger partial charge in [-0.1, -0.05) is 36.4 Å². The summed E-state index contributed by atoms with van der Waals surface area (Å²) in [6.07, 6.45) is 1.71. The number of rotatable bonds is 4. The van der Waals surface area contributed by atoms with Crippen molar-refractivity contribution in [2.75, 3.05) is 5.32 Å². The summed E-state index contributed by atoms with van der Waals surface area (Å²) in [5.41, 5.74) is 3.18. The van der Waals surface area contributed by atoms with Crippen LogP contribution in [0.3, 0.4) is 0 Å². The second-order valence-electron chi connectivity index (χ2n) is 6.74. The van der Waals surface area contributed by atoms with Gasteiger partial charge in [0.15, 0.2) is 0 Å². The Balaban J connectivity index is 1.59. The second-order valence-corrected chi connectivity index (χ2v) is 8.59. The van der Waals surface area contributed by atoms with Crippen LogP contribution < -0.4 is 10.6 Å². The lowest BCUT2D eigenvalue weighted by Gasteiger charge is -2.12. The number of anilines is 2. The quantitative estimate of drug-likeness (QED) is 0.505. The fourth-order valence-electron chi connectivity index (χ4n) is 3.35. The maximum absolute atomic E-state index is 13.0. The van der Waals surface area contributed by atoms with Crippen LogP contribution in [0.5, 0.6) is 0 Å². The predicted octanol–water partition coefficient (Wildman–Crippen LogP) is 3.20. The highest BCUT2D eigenvalue weighted by Crippen LogP contribution is 2.28. The fourth-order valence-corrected chi connectivity index (χ4v) is 4.52. The Morgan fingerprint density at radius 3 is 2.59 bits per heavy atom. The van der Waals surface area contributed by atoms with Crippen molar-refractivity contribution < 1.29 is 8.42 Å². The zero-order valence-corrected chi connectivity index (χ0v) is 16.1. The standard InChI is InChI=1S/C21H17N5O2S/c27-29(28,16-7-2-1-3-8-16)21-25-19-13-22-12-17(19)20(26-21)24-15-10-14-6-4-5-9-18(14)23-11-15/h1-11,22H,12-13H2,(H,24,25,26). The molecule has 0 fully saturated rings. The molecule has 0 unspecified atom stereocenters. The topological polar surface area (TPSA) is 96.9 Å². The van der Waals surface area contributed by atoms with Crippen molar-refractivity contribution >= 4 is 32.2 Å². The molecular formula is C21H17N5O2S. The minimum absolute atomic E-state index is 0.171. The van der Waals surface area contributed by atoms with Gasteiger partial charge in [-0.15, -0.1) is 0 Å². The molecule has 1 aliphatic rings. The van der Waals surface area contributed by atoms with Gasteiger partial charge in [0.25, 0.3) is 5.16 Å². The van der Waals surface area contributed by atoms with E-state index in [2.05, 4.69) is 25.6 Å². The number of fused-ring (bicyclic) bond motifs is 2. The molecule has 4 aromatic rings. The van der Waals surface area contributed by atoms with Gasteiger partial charge in [-0.2, -0.15) is 0 Å². The highest BCUT2D eigenvalue weighted by molar-refractivity contribution is 7.91. The van der Waals surface area contributed by atoms with Gasteiger partial charge in [-0.05, 0) is 24.3 Å². The van der Waals surface area contributed by atoms with E-state index in [1.54, 1.807) is 36.5 Å². The minimum Gasteiger partial charge on any atom is -0.339 e. The summed E-state index contributed by atoms with van der Waals surface area (Å²) in [7, 11) is -3.82. The van der Waals surface area contributed by atoms with Gasteiger partial charge in [0, 0.05) is 24.0 Å². The van der Waals surface area contributed by atoms with Crippen molar-refractivity contribution in [1.29, 1.82) is 0 Å². The van der Waals surface area contributed by atoms with E-state index in [1.807, 2.05) is 30.3 Å². The third-order valence-corrected chi connectivity index (χ3v) is 6.37. The number of nitrogens with one attached hydrogen (secondary N) is 2. The van der Waals surface area contributed by atoms with Gasteiger partial charge in [0.1, 0.15) is 5.82 Å². The lowest BCUT2D eigenvalue weighted by Crippen LogP contribution is -2.12. The van der Waals surface area contributed by atoms with Crippen molar-refractivity contribution in [3.05, 3.63) is 78.1 Å². The van der Waals surface area contributed by atoms with Crippen LogP contribution in [0.4, 0.5) is 11.5 Å². The molecular weight excluding hydrogens is 386 g/mol. The SMILES string of the molecule is O=S(=O)(c1ccccc1)c1nc2c(c(Nc3cnc4ccccc4c3)n1)CNC2. The van der Waals surface area contributed by atoms with Crippen LogP contribution in [-0.2, 0) is 22.9 Å². The Labute approximate surface area is 167 Å². The smallest absolute Gasteiger partial charge is 0.254 e. The summed E-state index contributed by atoms with van der Waals surface area (Å²) >= 11 is 0. The van der Waals surface area contributed by atoms with E-state index in [1.165, 1.54) is 0 Å². The highest BCUT2D eigenvalue weighted by atomic mass is 32.2. The van der Waals surface area contributed by atoms with Gasteiger partial charge in [0.05, 0.1) is 28.0 Å². The van der Waals surface area contributed by atoms with E-state index in [9.17, 15) is 8.42 Å². The third-order valence-electron chi connectivity index (χ3n) is 4.81. The Bertz CT molecular complexity index is 1320. The Morgan fingerprint density at radius 2 is 1.72 bits per heavy atom. The van der Waals surface area contributed by atoms with Gasteiger partial charge in [0.2, 0.25) is 9.84 Å². The zero-order chi connectivity index (χ0) is 19.8. The van der Waals surface area contributed by atoms with Gasteiger partial charge < -0.3 is 10.6 Å². The first kappa shape index (κ1) is 17.7. The van der Waals surface area contributed by atoms with Crippen molar-refractivity contribution in [1.82, 2.24) is 20.3 Å². The number of benzene rings is 2. The molecule has 0 saturated carbocycles. The first-order valence-corrected chi connectivity index (χ1v) is 10.6. The molecule has 2 N–H and O–H groups in total. The van der Waals surface area contributed by atoms with Crippen molar-refractivity contribution in [2.45, 2.75) is 23.1 Å². The lowest BCUT2D eigenvalue weighted by molar-refractivity contribution is 0.586. The molecule has 0 saturated heterocycles. The average molecular weight is 403 g/mol. The van der Waals surface area contributed by atoms with Crippen LogP contribution >= 0.6 is 0 Å². The largest absolute Gasteiger partial charge is 0.339 e. The molecule has 2 aromatic heterocycles. The minimum atomic E-state index is -3.82. The molecule has 5 rings (SSSR count).